The first-order valence-corrected chi connectivity index (χ1v) is 14.2. The Morgan fingerprint density at radius 3 is 2.76 bits per heavy atom. The molecule has 204 valence electrons. The van der Waals surface area contributed by atoms with E-state index >= 15 is 0 Å². The molecule has 7 heteroatoms. The van der Waals surface area contributed by atoms with E-state index in [2.05, 4.69) is 40.7 Å². The summed E-state index contributed by atoms with van der Waals surface area (Å²) in [4.78, 5) is 28.4. The number of hydrogen-bond donors (Lipinski definition) is 2. The number of hydrogen-bond acceptors (Lipinski definition) is 5. The molecule has 0 aliphatic carbocycles. The molecule has 7 nitrogen and oxygen atoms in total. The Balaban J connectivity index is 1.13. The van der Waals surface area contributed by atoms with E-state index in [0.717, 1.165) is 75.1 Å². The van der Waals surface area contributed by atoms with Crippen LogP contribution in [0.4, 0.5) is 0 Å². The minimum atomic E-state index is -0.359. The molecule has 2 atom stereocenters. The number of rotatable bonds is 4. The van der Waals surface area contributed by atoms with Crippen molar-refractivity contribution in [2.24, 2.45) is 5.41 Å². The van der Waals surface area contributed by atoms with Gasteiger partial charge in [-0.1, -0.05) is 30.7 Å². The number of ether oxygens (including phenoxy) is 2. The Morgan fingerprint density at radius 1 is 1.11 bits per heavy atom. The fourth-order valence-electron chi connectivity index (χ4n) is 6.16. The van der Waals surface area contributed by atoms with Gasteiger partial charge in [0.1, 0.15) is 24.2 Å². The molecule has 2 N–H and O–H groups in total. The van der Waals surface area contributed by atoms with Crippen molar-refractivity contribution >= 4 is 11.8 Å². The predicted molar refractivity (Wildman–Crippen MR) is 147 cm³/mol. The largest absolute Gasteiger partial charge is 0.491 e. The molecular weight excluding hydrogens is 478 g/mol. The third-order valence-corrected chi connectivity index (χ3v) is 8.43. The van der Waals surface area contributed by atoms with Crippen LogP contribution in [-0.4, -0.2) is 55.6 Å². The molecule has 2 amide bonds. The maximum Gasteiger partial charge on any atom is 0.234 e. The number of para-hydroxylation sites is 1. The minimum absolute atomic E-state index is 0.0255. The van der Waals surface area contributed by atoms with Gasteiger partial charge in [-0.2, -0.15) is 0 Å². The molecule has 3 aliphatic rings. The smallest absolute Gasteiger partial charge is 0.234 e. The lowest BCUT2D eigenvalue weighted by atomic mass is 9.73. The van der Waals surface area contributed by atoms with Crippen molar-refractivity contribution < 1.29 is 19.1 Å². The lowest BCUT2D eigenvalue weighted by Crippen LogP contribution is -2.51. The first-order valence-electron chi connectivity index (χ1n) is 14.2. The van der Waals surface area contributed by atoms with Crippen LogP contribution in [-0.2, 0) is 22.4 Å². The van der Waals surface area contributed by atoms with E-state index < -0.39 is 0 Å². The lowest BCUT2D eigenvalue weighted by Gasteiger charge is -2.41. The number of benzene rings is 2. The molecule has 2 unspecified atom stereocenters. The molecule has 0 aromatic heterocycles. The van der Waals surface area contributed by atoms with E-state index in [4.69, 9.17) is 9.47 Å². The van der Waals surface area contributed by atoms with Gasteiger partial charge in [0.25, 0.3) is 0 Å². The summed E-state index contributed by atoms with van der Waals surface area (Å²) in [5.41, 5.74) is 3.20. The van der Waals surface area contributed by atoms with Crippen LogP contribution in [0.3, 0.4) is 0 Å². The van der Waals surface area contributed by atoms with Crippen molar-refractivity contribution in [1.29, 1.82) is 0 Å². The van der Waals surface area contributed by atoms with E-state index in [0.29, 0.717) is 19.7 Å². The second kappa shape index (κ2) is 11.8. The van der Waals surface area contributed by atoms with Crippen LogP contribution in [0.1, 0.15) is 68.7 Å². The van der Waals surface area contributed by atoms with Crippen molar-refractivity contribution in [2.45, 2.75) is 70.9 Å². The molecule has 3 heterocycles. The van der Waals surface area contributed by atoms with Gasteiger partial charge in [-0.3, -0.25) is 14.5 Å². The van der Waals surface area contributed by atoms with Crippen LogP contribution < -0.4 is 20.1 Å². The molecule has 5 rings (SSSR count). The van der Waals surface area contributed by atoms with Crippen molar-refractivity contribution in [3.63, 3.8) is 0 Å². The van der Waals surface area contributed by atoms with E-state index in [1.807, 2.05) is 31.2 Å². The molecule has 1 fully saturated rings. The van der Waals surface area contributed by atoms with Gasteiger partial charge in [0, 0.05) is 6.42 Å². The van der Waals surface area contributed by atoms with Gasteiger partial charge in [0.05, 0.1) is 24.5 Å². The fourth-order valence-corrected chi connectivity index (χ4v) is 6.16. The van der Waals surface area contributed by atoms with Gasteiger partial charge in [-0.25, -0.2) is 0 Å². The molecule has 0 radical (unpaired) electrons. The first-order chi connectivity index (χ1) is 18.4. The van der Waals surface area contributed by atoms with Crippen molar-refractivity contribution in [3.05, 3.63) is 59.2 Å². The SMILES string of the molecule is CC1Cc2cc(C(C)NC(=O)CN3CCC4(CCCCc5ccccc5OCCNC4=O)CC3)ccc2O1. The zero-order valence-corrected chi connectivity index (χ0v) is 22.8. The third kappa shape index (κ3) is 6.15. The van der Waals surface area contributed by atoms with E-state index in [1.165, 1.54) is 11.1 Å². The van der Waals surface area contributed by atoms with Crippen molar-refractivity contribution in [1.82, 2.24) is 15.5 Å². The average Bonchev–Trinajstić information content (AvgIpc) is 3.29. The van der Waals surface area contributed by atoms with E-state index in [9.17, 15) is 9.59 Å². The summed E-state index contributed by atoms with van der Waals surface area (Å²) in [6, 6.07) is 14.3. The van der Waals surface area contributed by atoms with Gasteiger partial charge in [0.2, 0.25) is 11.8 Å². The zero-order chi connectivity index (χ0) is 26.5. The number of nitrogens with zero attached hydrogens (tertiary/aromatic N) is 1. The topological polar surface area (TPSA) is 79.9 Å². The van der Waals surface area contributed by atoms with Gasteiger partial charge in [-0.15, -0.1) is 0 Å². The summed E-state index contributed by atoms with van der Waals surface area (Å²) in [6.07, 6.45) is 6.57. The number of carbonyl (C=O) groups is 2. The number of carbonyl (C=O) groups excluding carboxylic acids is 2. The van der Waals surface area contributed by atoms with E-state index in [1.54, 1.807) is 0 Å². The number of likely N-dealkylation sites (tertiary alicyclic amines) is 1. The summed E-state index contributed by atoms with van der Waals surface area (Å²) in [5, 5.41) is 6.31. The molecule has 38 heavy (non-hydrogen) atoms. The van der Waals surface area contributed by atoms with E-state index in [-0.39, 0.29) is 29.4 Å². The molecule has 2 aromatic rings. The molecule has 1 saturated heterocycles. The summed E-state index contributed by atoms with van der Waals surface area (Å²) >= 11 is 0. The second-order valence-corrected chi connectivity index (χ2v) is 11.3. The molecule has 0 saturated carbocycles. The minimum Gasteiger partial charge on any atom is -0.491 e. The highest BCUT2D eigenvalue weighted by Crippen LogP contribution is 2.38. The third-order valence-electron chi connectivity index (χ3n) is 8.43. The predicted octanol–water partition coefficient (Wildman–Crippen LogP) is 4.19. The standard InChI is InChI=1S/C31H41N3O4/c1-22-19-26-20-25(10-11-28(26)38-22)23(2)33-29(35)21-34-16-13-31(14-17-34)12-6-5-8-24-7-3-4-9-27(24)37-18-15-32-30(31)36/h3-4,7,9-11,20,22-23H,5-6,8,12-19,21H2,1-2H3,(H,32,36)(H,33,35). The van der Waals surface area contributed by atoms with Crippen molar-refractivity contribution in [3.8, 4) is 11.5 Å². The Kier molecular flexibility index (Phi) is 8.22. The second-order valence-electron chi connectivity index (χ2n) is 11.3. The molecule has 0 bridgehead atoms. The number of piperidine rings is 1. The highest BCUT2D eigenvalue weighted by atomic mass is 16.5. The monoisotopic (exact) mass is 519 g/mol. The number of nitrogens with one attached hydrogen (secondary N) is 2. The number of aryl methyl sites for hydroxylation is 1. The van der Waals surface area contributed by atoms with Crippen LogP contribution in [0, 0.1) is 5.41 Å². The summed E-state index contributed by atoms with van der Waals surface area (Å²) in [5.74, 6) is 2.05. The maximum atomic E-state index is 13.3. The van der Waals surface area contributed by atoms with Gasteiger partial charge < -0.3 is 20.1 Å². The van der Waals surface area contributed by atoms with Crippen LogP contribution in [0.25, 0.3) is 0 Å². The Hall–Kier alpha value is -3.06. The van der Waals surface area contributed by atoms with Crippen LogP contribution in [0.15, 0.2) is 42.5 Å². The molecular formula is C31H41N3O4. The average molecular weight is 520 g/mol. The molecule has 2 aromatic carbocycles. The van der Waals surface area contributed by atoms with Crippen LogP contribution in [0.2, 0.25) is 0 Å². The highest BCUT2D eigenvalue weighted by molar-refractivity contribution is 5.83. The van der Waals surface area contributed by atoms with Gasteiger partial charge >= 0.3 is 0 Å². The Bertz CT molecular complexity index is 1140. The number of fused-ring (bicyclic) bond motifs is 2. The van der Waals surface area contributed by atoms with Gasteiger partial charge in [0.15, 0.2) is 0 Å². The summed E-state index contributed by atoms with van der Waals surface area (Å²) in [6.45, 7) is 6.95. The fraction of sp³-hybridized carbons (Fsp3) is 0.548. The van der Waals surface area contributed by atoms with Crippen LogP contribution in [0.5, 0.6) is 11.5 Å². The van der Waals surface area contributed by atoms with Gasteiger partial charge in [-0.05, 0) is 93.9 Å². The summed E-state index contributed by atoms with van der Waals surface area (Å²) < 4.78 is 11.8. The lowest BCUT2D eigenvalue weighted by molar-refractivity contribution is -0.135. The summed E-state index contributed by atoms with van der Waals surface area (Å²) in [7, 11) is 0. The highest BCUT2D eigenvalue weighted by Gasteiger charge is 2.41. The van der Waals surface area contributed by atoms with Crippen molar-refractivity contribution in [2.75, 3.05) is 32.8 Å². The quantitative estimate of drug-likeness (QED) is 0.633. The number of amides is 2. The Morgan fingerprint density at radius 2 is 1.92 bits per heavy atom. The molecule has 3 aliphatic heterocycles. The zero-order valence-electron chi connectivity index (χ0n) is 22.8. The normalized spacial score (nSPS) is 22.5. The van der Waals surface area contributed by atoms with Crippen LogP contribution >= 0.6 is 0 Å². The maximum absolute atomic E-state index is 13.3. The first kappa shape index (κ1) is 26.5. The molecule has 1 spiro atoms. The Labute approximate surface area is 226 Å².